The van der Waals surface area contributed by atoms with Gasteiger partial charge in [-0.1, -0.05) is 164 Å². The second kappa shape index (κ2) is 16.0. The van der Waals surface area contributed by atoms with E-state index in [-0.39, 0.29) is 0 Å². The van der Waals surface area contributed by atoms with Crippen molar-refractivity contribution in [3.05, 3.63) is 255 Å². The van der Waals surface area contributed by atoms with Gasteiger partial charge in [0, 0.05) is 53.7 Å². The molecule has 69 heavy (non-hydrogen) atoms. The normalized spacial score (nSPS) is 11.8. The fourth-order valence-corrected chi connectivity index (χ4v) is 11.9. The van der Waals surface area contributed by atoms with E-state index < -0.39 is 0 Å². The van der Waals surface area contributed by atoms with Gasteiger partial charge in [0.2, 0.25) is 0 Å². The van der Waals surface area contributed by atoms with Gasteiger partial charge in [0.15, 0.2) is 0 Å². The maximum absolute atomic E-state index is 2.47. The van der Waals surface area contributed by atoms with Crippen molar-refractivity contribution in [2.75, 3.05) is 4.90 Å². The maximum Gasteiger partial charge on any atom is 0.0541 e. The van der Waals surface area contributed by atoms with E-state index in [1.54, 1.807) is 0 Å². The number of fused-ring (bicyclic) bond motifs is 12. The van der Waals surface area contributed by atoms with Gasteiger partial charge in [0.25, 0.3) is 0 Å². The van der Waals surface area contributed by atoms with Crippen LogP contribution < -0.4 is 4.90 Å². The number of hydrogen-bond donors (Lipinski definition) is 0. The largest absolute Gasteiger partial charge is 0.311 e. The third-order valence-electron chi connectivity index (χ3n) is 14.2. The molecule has 14 rings (SSSR count). The quantitative estimate of drug-likeness (QED) is 0.145. The summed E-state index contributed by atoms with van der Waals surface area (Å²) in [5.41, 5.74) is 14.1. The van der Waals surface area contributed by atoms with Gasteiger partial charge < -0.3 is 9.47 Å². The summed E-state index contributed by atoms with van der Waals surface area (Å²) in [5.74, 6) is 0. The van der Waals surface area contributed by atoms with Crippen LogP contribution in [0.4, 0.5) is 17.1 Å². The van der Waals surface area contributed by atoms with E-state index in [1.165, 1.54) is 108 Å². The van der Waals surface area contributed by atoms with Crippen LogP contribution in [0.2, 0.25) is 0 Å². The van der Waals surface area contributed by atoms with Crippen molar-refractivity contribution in [2.45, 2.75) is 0 Å². The molecule has 0 radical (unpaired) electrons. The lowest BCUT2D eigenvalue weighted by atomic mass is 9.94. The molecule has 3 heteroatoms. The molecule has 0 aliphatic rings. The van der Waals surface area contributed by atoms with Crippen LogP contribution in [0.5, 0.6) is 0 Å². The number of anilines is 3. The van der Waals surface area contributed by atoms with E-state index in [0.29, 0.717) is 0 Å². The fourth-order valence-electron chi connectivity index (χ4n) is 10.9. The Morgan fingerprint density at radius 3 is 1.19 bits per heavy atom. The summed E-state index contributed by atoms with van der Waals surface area (Å²) in [7, 11) is 0. The van der Waals surface area contributed by atoms with Crippen LogP contribution in [-0.4, -0.2) is 4.57 Å². The first-order chi connectivity index (χ1) is 34.2. The standard InChI is InChI=1S/C66H42N2S/c1-3-13-49(14-4-1)67(50-15-5-2-6-16-50)51-32-27-45(28-33-51)47-30-37-64-61(40-47)60-39-46(43-23-25-44(26-24-43)48-31-38-66-62(41-48)58-21-11-12-22-65(58)69-66)29-36-63(60)68(64)52-34-35-57-55-19-8-7-17-53(55)54-18-9-10-20-56(54)59(57)42-52/h1-42H. The first-order valence-electron chi connectivity index (χ1n) is 23.6. The smallest absolute Gasteiger partial charge is 0.0541 e. The molecule has 0 aliphatic carbocycles. The topological polar surface area (TPSA) is 8.17 Å². The Morgan fingerprint density at radius 1 is 0.246 bits per heavy atom. The van der Waals surface area contributed by atoms with Crippen molar-refractivity contribution in [1.29, 1.82) is 0 Å². The molecule has 14 aromatic rings. The van der Waals surface area contributed by atoms with Gasteiger partial charge in [-0.15, -0.1) is 11.3 Å². The van der Waals surface area contributed by atoms with E-state index in [1.807, 2.05) is 11.3 Å². The summed E-state index contributed by atoms with van der Waals surface area (Å²) in [6.07, 6.45) is 0. The summed E-state index contributed by atoms with van der Waals surface area (Å²) < 4.78 is 5.13. The number of benzene rings is 12. The Labute approximate surface area is 403 Å². The molecule has 0 saturated heterocycles. The average Bonchev–Trinajstić information content (AvgIpc) is 3.96. The van der Waals surface area contributed by atoms with Gasteiger partial charge >= 0.3 is 0 Å². The van der Waals surface area contributed by atoms with Crippen molar-refractivity contribution < 1.29 is 0 Å². The molecule has 0 N–H and O–H groups in total. The van der Waals surface area contributed by atoms with Gasteiger partial charge in [0.05, 0.1) is 11.0 Å². The zero-order valence-corrected chi connectivity index (χ0v) is 38.4. The van der Waals surface area contributed by atoms with Crippen molar-refractivity contribution >= 4 is 103 Å². The highest BCUT2D eigenvalue weighted by atomic mass is 32.1. The molecule has 0 atom stereocenters. The van der Waals surface area contributed by atoms with Crippen LogP contribution in [0, 0.1) is 0 Å². The Kier molecular flexibility index (Phi) is 9.11. The molecule has 0 aliphatic heterocycles. The number of aromatic nitrogens is 1. The highest BCUT2D eigenvalue weighted by Gasteiger charge is 2.18. The minimum Gasteiger partial charge on any atom is -0.311 e. The van der Waals surface area contributed by atoms with E-state index >= 15 is 0 Å². The van der Waals surface area contributed by atoms with E-state index in [9.17, 15) is 0 Å². The van der Waals surface area contributed by atoms with Crippen LogP contribution in [0.25, 0.3) is 113 Å². The second-order valence-corrected chi connectivity index (χ2v) is 19.1. The van der Waals surface area contributed by atoms with Gasteiger partial charge in [-0.05, 0) is 157 Å². The summed E-state index contributed by atoms with van der Waals surface area (Å²) in [6.45, 7) is 0. The molecule has 12 aromatic carbocycles. The first-order valence-corrected chi connectivity index (χ1v) is 24.5. The molecule has 0 fully saturated rings. The highest BCUT2D eigenvalue weighted by molar-refractivity contribution is 7.25. The van der Waals surface area contributed by atoms with Gasteiger partial charge in [-0.3, -0.25) is 0 Å². The van der Waals surface area contributed by atoms with Gasteiger partial charge in [0.1, 0.15) is 0 Å². The van der Waals surface area contributed by atoms with Crippen molar-refractivity contribution in [3.8, 4) is 39.1 Å². The molecular formula is C66H42N2S. The Balaban J connectivity index is 0.909. The lowest BCUT2D eigenvalue weighted by Crippen LogP contribution is -2.09. The van der Waals surface area contributed by atoms with Crippen molar-refractivity contribution in [2.24, 2.45) is 0 Å². The highest BCUT2D eigenvalue weighted by Crippen LogP contribution is 2.42. The van der Waals surface area contributed by atoms with E-state index in [0.717, 1.165) is 22.7 Å². The molecule has 0 bridgehead atoms. The fraction of sp³-hybridized carbons (Fsp3) is 0. The number of hydrogen-bond acceptors (Lipinski definition) is 2. The first kappa shape index (κ1) is 39.4. The Morgan fingerprint density at radius 2 is 0.638 bits per heavy atom. The molecule has 2 heterocycles. The van der Waals surface area contributed by atoms with Crippen molar-refractivity contribution in [3.63, 3.8) is 0 Å². The van der Waals surface area contributed by atoms with Gasteiger partial charge in [-0.2, -0.15) is 0 Å². The summed E-state index contributed by atoms with van der Waals surface area (Å²) in [5, 5.41) is 12.7. The molecule has 2 nitrogen and oxygen atoms in total. The maximum atomic E-state index is 2.47. The predicted molar refractivity (Wildman–Crippen MR) is 297 cm³/mol. The monoisotopic (exact) mass is 894 g/mol. The lowest BCUT2D eigenvalue weighted by molar-refractivity contribution is 1.19. The summed E-state index contributed by atoms with van der Waals surface area (Å²) in [4.78, 5) is 2.31. The van der Waals surface area contributed by atoms with E-state index in [4.69, 9.17) is 0 Å². The predicted octanol–water partition coefficient (Wildman–Crippen LogP) is 19.1. The minimum absolute atomic E-state index is 1.11. The molecule has 0 spiro atoms. The zero-order chi connectivity index (χ0) is 45.4. The Hall–Kier alpha value is -8.76. The van der Waals surface area contributed by atoms with Crippen LogP contribution in [0.15, 0.2) is 255 Å². The summed E-state index contributed by atoms with van der Waals surface area (Å²) in [6, 6.07) is 93.7. The SMILES string of the molecule is c1ccc(N(c2ccccc2)c2ccc(-c3ccc4c(c3)c3cc(-c5ccc(-c6ccc7sc8ccccc8c7c6)cc5)ccc3n4-c3ccc4c5ccccc5c5ccccc5c4c3)cc2)cc1. The zero-order valence-electron chi connectivity index (χ0n) is 37.6. The average molecular weight is 895 g/mol. The molecule has 0 unspecified atom stereocenters. The lowest BCUT2D eigenvalue weighted by Gasteiger charge is -2.25. The Bertz CT molecular complexity index is 4210. The number of thiophene rings is 1. The number of para-hydroxylation sites is 2. The molecule has 0 amide bonds. The second-order valence-electron chi connectivity index (χ2n) is 18.1. The molecule has 2 aromatic heterocycles. The van der Waals surface area contributed by atoms with Crippen molar-refractivity contribution in [1.82, 2.24) is 4.57 Å². The van der Waals surface area contributed by atoms with Gasteiger partial charge in [-0.25, -0.2) is 0 Å². The van der Waals surface area contributed by atoms with E-state index in [2.05, 4.69) is 264 Å². The summed E-state index contributed by atoms with van der Waals surface area (Å²) >= 11 is 1.86. The van der Waals surface area contributed by atoms with Crippen LogP contribution in [0.1, 0.15) is 0 Å². The molecular weight excluding hydrogens is 853 g/mol. The molecule has 322 valence electrons. The third kappa shape index (κ3) is 6.54. The van der Waals surface area contributed by atoms with Crippen LogP contribution in [0.3, 0.4) is 0 Å². The number of nitrogens with zero attached hydrogens (tertiary/aromatic N) is 2. The van der Waals surface area contributed by atoms with Crippen LogP contribution >= 0.6 is 11.3 Å². The third-order valence-corrected chi connectivity index (χ3v) is 15.3. The minimum atomic E-state index is 1.11. The number of rotatable bonds is 7. The molecule has 0 saturated carbocycles. The van der Waals surface area contributed by atoms with Crippen LogP contribution in [-0.2, 0) is 0 Å².